The van der Waals surface area contributed by atoms with Gasteiger partial charge in [-0.3, -0.25) is 14.5 Å². The van der Waals surface area contributed by atoms with Gasteiger partial charge < -0.3 is 14.2 Å². The molecule has 2 amide bonds. The molecule has 8 heteroatoms. The maximum atomic E-state index is 12.8. The van der Waals surface area contributed by atoms with Crippen LogP contribution >= 0.6 is 11.8 Å². The van der Waals surface area contributed by atoms with Gasteiger partial charge in [0.2, 0.25) is 0 Å². The number of benzene rings is 2. The van der Waals surface area contributed by atoms with Crippen LogP contribution in [-0.4, -0.2) is 49.4 Å². The summed E-state index contributed by atoms with van der Waals surface area (Å²) in [7, 11) is 4.31. The molecule has 1 heterocycles. The third-order valence-electron chi connectivity index (χ3n) is 4.48. The van der Waals surface area contributed by atoms with Crippen LogP contribution in [0.25, 0.3) is 16.8 Å². The summed E-state index contributed by atoms with van der Waals surface area (Å²) in [6.07, 6.45) is 1.61. The van der Waals surface area contributed by atoms with Gasteiger partial charge in [0.25, 0.3) is 11.1 Å². The maximum Gasteiger partial charge on any atom is 0.328 e. The number of thioether (sulfide) groups is 1. The van der Waals surface area contributed by atoms with Crippen molar-refractivity contribution in [1.29, 1.82) is 0 Å². The summed E-state index contributed by atoms with van der Waals surface area (Å²) >= 11 is 0.775. The Kier molecular flexibility index (Phi) is 5.60. The van der Waals surface area contributed by atoms with Crippen LogP contribution in [-0.2, 0) is 14.3 Å². The SMILES string of the molecule is COC(=O)[C@H](C)N1C(=O)S/C(=C/c2c(OC)ccc3ccc(OC)cc23)C1=O. The number of carbonyl (C=O) groups excluding carboxylic acids is 3. The number of hydrogen-bond donors (Lipinski definition) is 0. The van der Waals surface area contributed by atoms with E-state index in [0.717, 1.165) is 27.4 Å². The molecule has 0 aromatic heterocycles. The predicted molar refractivity (Wildman–Crippen MR) is 106 cm³/mol. The number of amides is 2. The molecule has 0 saturated carbocycles. The van der Waals surface area contributed by atoms with Gasteiger partial charge in [-0.15, -0.1) is 0 Å². The summed E-state index contributed by atoms with van der Waals surface area (Å²) in [5.74, 6) is 0.00210. The van der Waals surface area contributed by atoms with Crippen molar-refractivity contribution in [3.8, 4) is 11.5 Å². The fourth-order valence-corrected chi connectivity index (χ4v) is 3.87. The average Bonchev–Trinajstić information content (AvgIpc) is 2.99. The van der Waals surface area contributed by atoms with Crippen LogP contribution in [0.2, 0.25) is 0 Å². The Morgan fingerprint density at radius 1 is 1.11 bits per heavy atom. The zero-order valence-electron chi connectivity index (χ0n) is 15.8. The molecule has 146 valence electrons. The number of carbonyl (C=O) groups is 3. The van der Waals surface area contributed by atoms with E-state index in [0.29, 0.717) is 17.1 Å². The highest BCUT2D eigenvalue weighted by Gasteiger charge is 2.41. The number of imide groups is 1. The first-order valence-corrected chi connectivity index (χ1v) is 9.22. The van der Waals surface area contributed by atoms with Crippen molar-refractivity contribution in [2.75, 3.05) is 21.3 Å². The summed E-state index contributed by atoms with van der Waals surface area (Å²) in [4.78, 5) is 38.0. The molecule has 0 aliphatic carbocycles. The molecule has 0 bridgehead atoms. The van der Waals surface area contributed by atoms with Crippen molar-refractivity contribution < 1.29 is 28.6 Å². The Morgan fingerprint density at radius 3 is 2.46 bits per heavy atom. The normalized spacial score (nSPS) is 16.6. The third-order valence-corrected chi connectivity index (χ3v) is 5.36. The molecular formula is C20H19NO6S. The van der Waals surface area contributed by atoms with E-state index in [1.807, 2.05) is 24.3 Å². The molecule has 1 saturated heterocycles. The second-order valence-corrected chi connectivity index (χ2v) is 7.01. The lowest BCUT2D eigenvalue weighted by molar-refractivity contribution is -0.148. The summed E-state index contributed by atoms with van der Waals surface area (Å²) in [5.41, 5.74) is 0.648. The zero-order valence-corrected chi connectivity index (χ0v) is 16.7. The van der Waals surface area contributed by atoms with Gasteiger partial charge in [0.1, 0.15) is 17.5 Å². The topological polar surface area (TPSA) is 82.1 Å². The molecule has 0 radical (unpaired) electrons. The van der Waals surface area contributed by atoms with E-state index in [4.69, 9.17) is 9.47 Å². The quantitative estimate of drug-likeness (QED) is 0.560. The molecule has 0 unspecified atom stereocenters. The van der Waals surface area contributed by atoms with Crippen LogP contribution in [0.4, 0.5) is 4.79 Å². The number of ether oxygens (including phenoxy) is 3. The van der Waals surface area contributed by atoms with Crippen LogP contribution in [0.3, 0.4) is 0 Å². The van der Waals surface area contributed by atoms with Crippen LogP contribution in [0.1, 0.15) is 12.5 Å². The molecule has 28 heavy (non-hydrogen) atoms. The molecule has 0 N–H and O–H groups in total. The van der Waals surface area contributed by atoms with E-state index in [-0.39, 0.29) is 4.91 Å². The highest BCUT2D eigenvalue weighted by atomic mass is 32.2. The molecule has 2 aromatic rings. The molecule has 1 atom stereocenters. The molecule has 1 fully saturated rings. The smallest absolute Gasteiger partial charge is 0.328 e. The monoisotopic (exact) mass is 401 g/mol. The van der Waals surface area contributed by atoms with Gasteiger partial charge in [-0.2, -0.15) is 0 Å². The Morgan fingerprint density at radius 2 is 1.82 bits per heavy atom. The van der Waals surface area contributed by atoms with Crippen LogP contribution in [0.5, 0.6) is 11.5 Å². The van der Waals surface area contributed by atoms with Gasteiger partial charge in [0.05, 0.1) is 26.2 Å². The van der Waals surface area contributed by atoms with Crippen molar-refractivity contribution in [2.24, 2.45) is 0 Å². The number of fused-ring (bicyclic) bond motifs is 1. The Hall–Kier alpha value is -3.00. The number of esters is 1. The fraction of sp³-hybridized carbons (Fsp3) is 0.250. The standard InChI is InChI=1S/C20H19NO6S/c1-11(19(23)27-4)21-18(22)17(28-20(21)24)10-15-14-9-13(25-2)7-5-12(14)6-8-16(15)26-3/h5-11H,1-4H3/b17-10+/t11-/m0/s1. The van der Waals surface area contributed by atoms with E-state index >= 15 is 0 Å². The molecule has 1 aliphatic rings. The van der Waals surface area contributed by atoms with Crippen molar-refractivity contribution >= 4 is 45.7 Å². The second kappa shape index (κ2) is 7.93. The Bertz CT molecular complexity index is 994. The zero-order chi connectivity index (χ0) is 20.4. The number of rotatable bonds is 5. The Balaban J connectivity index is 2.10. The lowest BCUT2D eigenvalue weighted by Crippen LogP contribution is -2.42. The molecule has 0 spiro atoms. The van der Waals surface area contributed by atoms with Crippen molar-refractivity contribution in [3.05, 3.63) is 40.8 Å². The highest BCUT2D eigenvalue weighted by molar-refractivity contribution is 8.18. The first-order valence-electron chi connectivity index (χ1n) is 8.41. The van der Waals surface area contributed by atoms with Crippen LogP contribution in [0.15, 0.2) is 35.2 Å². The van der Waals surface area contributed by atoms with Gasteiger partial charge in [0.15, 0.2) is 0 Å². The minimum Gasteiger partial charge on any atom is -0.497 e. The fourth-order valence-electron chi connectivity index (χ4n) is 2.98. The summed E-state index contributed by atoms with van der Waals surface area (Å²) < 4.78 is 15.4. The first kappa shape index (κ1) is 19.8. The molecular weight excluding hydrogens is 382 g/mol. The molecule has 7 nitrogen and oxygen atoms in total. The second-order valence-electron chi connectivity index (χ2n) is 6.02. The van der Waals surface area contributed by atoms with E-state index in [1.54, 1.807) is 19.3 Å². The lowest BCUT2D eigenvalue weighted by atomic mass is 10.0. The van der Waals surface area contributed by atoms with Crippen LogP contribution in [0, 0.1) is 0 Å². The summed E-state index contributed by atoms with van der Waals surface area (Å²) in [6.45, 7) is 1.45. The molecule has 1 aliphatic heterocycles. The van der Waals surface area contributed by atoms with E-state index in [1.165, 1.54) is 21.1 Å². The van der Waals surface area contributed by atoms with Crippen molar-refractivity contribution in [2.45, 2.75) is 13.0 Å². The Labute approximate surface area is 166 Å². The van der Waals surface area contributed by atoms with Crippen LogP contribution < -0.4 is 9.47 Å². The van der Waals surface area contributed by atoms with Crippen molar-refractivity contribution in [1.82, 2.24) is 4.90 Å². The maximum absolute atomic E-state index is 12.8. The van der Waals surface area contributed by atoms with E-state index in [2.05, 4.69) is 4.74 Å². The van der Waals surface area contributed by atoms with E-state index in [9.17, 15) is 14.4 Å². The first-order chi connectivity index (χ1) is 13.4. The highest BCUT2D eigenvalue weighted by Crippen LogP contribution is 2.38. The minimum atomic E-state index is -1.00. The molecule has 3 rings (SSSR count). The largest absolute Gasteiger partial charge is 0.497 e. The van der Waals surface area contributed by atoms with Gasteiger partial charge in [-0.1, -0.05) is 12.1 Å². The molecule has 2 aromatic carbocycles. The number of nitrogens with zero attached hydrogens (tertiary/aromatic N) is 1. The summed E-state index contributed by atoms with van der Waals surface area (Å²) in [6, 6.07) is 8.27. The number of methoxy groups -OCH3 is 3. The lowest BCUT2D eigenvalue weighted by Gasteiger charge is -2.18. The average molecular weight is 401 g/mol. The minimum absolute atomic E-state index is 0.203. The van der Waals surface area contributed by atoms with Gasteiger partial charge >= 0.3 is 5.97 Å². The summed E-state index contributed by atoms with van der Waals surface area (Å²) in [5, 5.41) is 1.22. The third kappa shape index (κ3) is 3.43. The van der Waals surface area contributed by atoms with Crippen molar-refractivity contribution in [3.63, 3.8) is 0 Å². The van der Waals surface area contributed by atoms with Gasteiger partial charge in [-0.25, -0.2) is 4.79 Å². The van der Waals surface area contributed by atoms with E-state index < -0.39 is 23.2 Å². The van der Waals surface area contributed by atoms with Gasteiger partial charge in [-0.05, 0) is 53.7 Å². The van der Waals surface area contributed by atoms with Gasteiger partial charge in [0, 0.05) is 5.56 Å². The predicted octanol–water partition coefficient (Wildman–Crippen LogP) is 3.45. The number of hydrogen-bond acceptors (Lipinski definition) is 7.